The number of pyridine rings is 1. The van der Waals surface area contributed by atoms with Crippen molar-refractivity contribution >= 4 is 21.9 Å². The van der Waals surface area contributed by atoms with Gasteiger partial charge in [-0.3, -0.25) is 4.79 Å². The molecule has 1 fully saturated rings. The Morgan fingerprint density at radius 1 is 1.53 bits per heavy atom. The third-order valence-corrected chi connectivity index (χ3v) is 4.78. The lowest BCUT2D eigenvalue weighted by Crippen LogP contribution is -2.33. The number of aldehydes is 1. The van der Waals surface area contributed by atoms with Crippen LogP contribution in [0.3, 0.4) is 0 Å². The van der Waals surface area contributed by atoms with Gasteiger partial charge in [0.1, 0.15) is 5.82 Å². The van der Waals surface area contributed by atoms with Gasteiger partial charge in [0.25, 0.3) is 0 Å². The highest BCUT2D eigenvalue weighted by Gasteiger charge is 2.31. The topological polar surface area (TPSA) is 67.3 Å². The van der Waals surface area contributed by atoms with Gasteiger partial charge in [-0.25, -0.2) is 13.4 Å². The van der Waals surface area contributed by atoms with Gasteiger partial charge in [-0.2, -0.15) is 0 Å². The second-order valence-corrected chi connectivity index (χ2v) is 6.43. The molecule has 2 heterocycles. The molecule has 0 N–H and O–H groups in total. The summed E-state index contributed by atoms with van der Waals surface area (Å²) in [5, 5.41) is 0. The first kappa shape index (κ1) is 12.0. The molecule has 1 aromatic heterocycles. The lowest BCUT2D eigenvalue weighted by Gasteiger charge is -2.25. The number of nitrogens with zero attached hydrogens (tertiary/aromatic N) is 2. The largest absolute Gasteiger partial charge is 0.355 e. The Morgan fingerprint density at radius 2 is 2.29 bits per heavy atom. The number of hydrogen-bond donors (Lipinski definition) is 0. The molecule has 0 aliphatic carbocycles. The lowest BCUT2D eigenvalue weighted by atomic mass is 10.2. The minimum Gasteiger partial charge on any atom is -0.355 e. The van der Waals surface area contributed by atoms with Crippen molar-refractivity contribution in [2.45, 2.75) is 12.5 Å². The Hall–Kier alpha value is -1.43. The van der Waals surface area contributed by atoms with Crippen LogP contribution < -0.4 is 4.90 Å². The molecule has 17 heavy (non-hydrogen) atoms. The summed E-state index contributed by atoms with van der Waals surface area (Å²) in [4.78, 5) is 16.8. The smallest absolute Gasteiger partial charge is 0.153 e. The maximum Gasteiger partial charge on any atom is 0.153 e. The highest BCUT2D eigenvalue weighted by atomic mass is 32.2. The van der Waals surface area contributed by atoms with Crippen LogP contribution in [-0.2, 0) is 9.84 Å². The average Bonchev–Trinajstić information content (AvgIpc) is 2.68. The first-order valence-electron chi connectivity index (χ1n) is 5.37. The van der Waals surface area contributed by atoms with Crippen molar-refractivity contribution in [1.29, 1.82) is 0 Å². The second kappa shape index (κ2) is 4.44. The SMILES string of the molecule is CN(c1ncccc1C=O)C1CCS(=O)(=O)C1. The highest BCUT2D eigenvalue weighted by molar-refractivity contribution is 7.91. The van der Waals surface area contributed by atoms with Crippen molar-refractivity contribution in [2.24, 2.45) is 0 Å². The molecule has 0 amide bonds. The summed E-state index contributed by atoms with van der Waals surface area (Å²) >= 11 is 0. The van der Waals surface area contributed by atoms with Gasteiger partial charge in [0.05, 0.1) is 17.1 Å². The quantitative estimate of drug-likeness (QED) is 0.735. The molecule has 5 nitrogen and oxygen atoms in total. The van der Waals surface area contributed by atoms with Gasteiger partial charge in [0.2, 0.25) is 0 Å². The van der Waals surface area contributed by atoms with Crippen LogP contribution >= 0.6 is 0 Å². The molecule has 6 heteroatoms. The number of hydrogen-bond acceptors (Lipinski definition) is 5. The standard InChI is InChI=1S/C11H14N2O3S/c1-13(10-4-6-17(15,16)8-10)11-9(7-14)3-2-5-12-11/h2-3,5,7,10H,4,6,8H2,1H3. The first-order chi connectivity index (χ1) is 8.03. The summed E-state index contributed by atoms with van der Waals surface area (Å²) in [6, 6.07) is 3.27. The van der Waals surface area contributed by atoms with E-state index in [0.29, 0.717) is 17.8 Å². The average molecular weight is 254 g/mol. The van der Waals surface area contributed by atoms with E-state index in [1.807, 2.05) is 0 Å². The van der Waals surface area contributed by atoms with E-state index in [2.05, 4.69) is 4.98 Å². The summed E-state index contributed by atoms with van der Waals surface area (Å²) < 4.78 is 22.8. The zero-order chi connectivity index (χ0) is 12.5. The first-order valence-corrected chi connectivity index (χ1v) is 7.19. The van der Waals surface area contributed by atoms with Crippen molar-refractivity contribution in [1.82, 2.24) is 4.98 Å². The molecule has 92 valence electrons. The van der Waals surface area contributed by atoms with Crippen molar-refractivity contribution in [2.75, 3.05) is 23.5 Å². The Kier molecular flexibility index (Phi) is 3.15. The van der Waals surface area contributed by atoms with E-state index in [9.17, 15) is 13.2 Å². The number of aromatic nitrogens is 1. The molecule has 0 aromatic carbocycles. The number of sulfone groups is 1. The van der Waals surface area contributed by atoms with Gasteiger partial charge >= 0.3 is 0 Å². The van der Waals surface area contributed by atoms with E-state index in [1.165, 1.54) is 0 Å². The highest BCUT2D eigenvalue weighted by Crippen LogP contribution is 2.23. The number of carbonyl (C=O) groups is 1. The molecule has 0 saturated carbocycles. The minimum atomic E-state index is -2.93. The molecule has 1 aliphatic rings. The third-order valence-electron chi connectivity index (χ3n) is 3.03. The number of carbonyl (C=O) groups excluding carboxylic acids is 1. The summed E-state index contributed by atoms with van der Waals surface area (Å²) in [6.45, 7) is 0. The third kappa shape index (κ3) is 2.46. The molecule has 0 bridgehead atoms. The zero-order valence-electron chi connectivity index (χ0n) is 9.54. The van der Waals surface area contributed by atoms with Crippen LogP contribution in [0.4, 0.5) is 5.82 Å². The van der Waals surface area contributed by atoms with Crippen LogP contribution in [-0.4, -0.2) is 44.3 Å². The molecule has 0 radical (unpaired) electrons. The summed E-state index contributed by atoms with van der Waals surface area (Å²) in [7, 11) is -1.15. The fourth-order valence-corrected chi connectivity index (χ4v) is 3.82. The summed E-state index contributed by atoms with van der Waals surface area (Å²) in [5.74, 6) is 0.897. The van der Waals surface area contributed by atoms with E-state index in [-0.39, 0.29) is 17.5 Å². The van der Waals surface area contributed by atoms with Gasteiger partial charge in [0, 0.05) is 19.3 Å². The van der Waals surface area contributed by atoms with E-state index >= 15 is 0 Å². The van der Waals surface area contributed by atoms with Crippen LogP contribution in [0.25, 0.3) is 0 Å². The maximum atomic E-state index is 11.4. The molecule has 1 saturated heterocycles. The lowest BCUT2D eigenvalue weighted by molar-refractivity contribution is 0.112. The number of anilines is 1. The van der Waals surface area contributed by atoms with Gasteiger partial charge in [-0.1, -0.05) is 0 Å². The van der Waals surface area contributed by atoms with Crippen LogP contribution in [0.1, 0.15) is 16.8 Å². The summed E-state index contributed by atoms with van der Waals surface area (Å²) in [6.07, 6.45) is 2.93. The van der Waals surface area contributed by atoms with Gasteiger partial charge in [-0.05, 0) is 18.6 Å². The molecule has 1 aliphatic heterocycles. The normalized spacial score (nSPS) is 22.3. The Labute approximate surface area is 100 Å². The fourth-order valence-electron chi connectivity index (χ4n) is 2.05. The molecular formula is C11H14N2O3S. The van der Waals surface area contributed by atoms with Gasteiger partial charge in [-0.15, -0.1) is 0 Å². The zero-order valence-corrected chi connectivity index (χ0v) is 10.4. The van der Waals surface area contributed by atoms with E-state index < -0.39 is 9.84 Å². The van der Waals surface area contributed by atoms with Gasteiger partial charge < -0.3 is 4.90 Å². The molecule has 2 rings (SSSR count). The predicted octanol–water partition coefficient (Wildman–Crippen LogP) is 0.517. The van der Waals surface area contributed by atoms with Crippen LogP contribution in [0, 0.1) is 0 Å². The molecule has 1 unspecified atom stereocenters. The van der Waals surface area contributed by atoms with Crippen molar-refractivity contribution in [3.63, 3.8) is 0 Å². The molecule has 1 atom stereocenters. The van der Waals surface area contributed by atoms with E-state index in [0.717, 1.165) is 6.29 Å². The number of rotatable bonds is 3. The monoisotopic (exact) mass is 254 g/mol. The van der Waals surface area contributed by atoms with Gasteiger partial charge in [0.15, 0.2) is 16.1 Å². The van der Waals surface area contributed by atoms with Crippen LogP contribution in [0.2, 0.25) is 0 Å². The second-order valence-electron chi connectivity index (χ2n) is 4.20. The Bertz CT molecular complexity index is 527. The fraction of sp³-hybridized carbons (Fsp3) is 0.455. The molecular weight excluding hydrogens is 240 g/mol. The minimum absolute atomic E-state index is 0.0893. The van der Waals surface area contributed by atoms with Crippen molar-refractivity contribution < 1.29 is 13.2 Å². The Morgan fingerprint density at radius 3 is 2.88 bits per heavy atom. The Balaban J connectivity index is 2.26. The summed E-state index contributed by atoms with van der Waals surface area (Å²) in [5.41, 5.74) is 0.485. The molecule has 0 spiro atoms. The van der Waals surface area contributed by atoms with E-state index in [1.54, 1.807) is 30.3 Å². The van der Waals surface area contributed by atoms with Crippen LogP contribution in [0.15, 0.2) is 18.3 Å². The van der Waals surface area contributed by atoms with Crippen molar-refractivity contribution in [3.8, 4) is 0 Å². The maximum absolute atomic E-state index is 11.4. The predicted molar refractivity (Wildman–Crippen MR) is 65.1 cm³/mol. The van der Waals surface area contributed by atoms with Crippen LogP contribution in [0.5, 0.6) is 0 Å². The van der Waals surface area contributed by atoms with Crippen molar-refractivity contribution in [3.05, 3.63) is 23.9 Å². The van der Waals surface area contributed by atoms with E-state index in [4.69, 9.17) is 0 Å². The molecule has 1 aromatic rings.